The Labute approximate surface area is 241 Å². The second-order valence-electron chi connectivity index (χ2n) is 12.7. The lowest BCUT2D eigenvalue weighted by Crippen LogP contribution is -2.37. The molecule has 10 nitrogen and oxygen atoms in total. The van der Waals surface area contributed by atoms with Crippen LogP contribution in [0.5, 0.6) is 5.75 Å². The Balaban J connectivity index is 1.59. The van der Waals surface area contributed by atoms with Crippen LogP contribution in [0, 0.1) is 12.7 Å². The van der Waals surface area contributed by atoms with Crippen molar-refractivity contribution in [3.63, 3.8) is 0 Å². The summed E-state index contributed by atoms with van der Waals surface area (Å²) < 4.78 is 33.2. The summed E-state index contributed by atoms with van der Waals surface area (Å²) in [5, 5.41) is 3.06. The number of nitrogens with one attached hydrogen (secondary N) is 1. The number of rotatable bonds is 4. The smallest absolute Gasteiger partial charge is 0.414 e. The maximum absolute atomic E-state index is 16.3. The highest BCUT2D eigenvalue weighted by molar-refractivity contribution is 5.88. The summed E-state index contributed by atoms with van der Waals surface area (Å²) >= 11 is 0. The highest BCUT2D eigenvalue weighted by Crippen LogP contribution is 2.42. The fourth-order valence-electron chi connectivity index (χ4n) is 5.00. The molecule has 41 heavy (non-hydrogen) atoms. The molecule has 0 aromatic carbocycles. The highest BCUT2D eigenvalue weighted by Gasteiger charge is 2.33. The molecule has 0 aliphatic carbocycles. The average Bonchev–Trinajstić information content (AvgIpc) is 3.16. The molecule has 2 aromatic rings. The van der Waals surface area contributed by atoms with Crippen LogP contribution in [0.3, 0.4) is 0 Å². The summed E-state index contributed by atoms with van der Waals surface area (Å²) in [6, 6.07) is 3.41. The van der Waals surface area contributed by atoms with Gasteiger partial charge in [0.25, 0.3) is 0 Å². The molecule has 11 heteroatoms. The van der Waals surface area contributed by atoms with Gasteiger partial charge in [0.1, 0.15) is 22.8 Å². The number of carbonyl (C=O) groups excluding carboxylic acids is 2. The number of fused-ring (bicyclic) bond motifs is 1. The molecule has 2 aromatic heterocycles. The molecule has 0 saturated carbocycles. The minimum atomic E-state index is -0.646. The number of aromatic nitrogens is 2. The molecule has 1 N–H and O–H groups in total. The van der Waals surface area contributed by atoms with Crippen LogP contribution in [0.2, 0.25) is 0 Å². The van der Waals surface area contributed by atoms with E-state index in [0.29, 0.717) is 79.6 Å². The second kappa shape index (κ2) is 11.7. The number of hydrogen-bond donors (Lipinski definition) is 1. The van der Waals surface area contributed by atoms with Crippen LogP contribution in [-0.4, -0.2) is 65.0 Å². The Morgan fingerprint density at radius 3 is 2.46 bits per heavy atom. The number of carbonyl (C=O) groups is 2. The number of halogens is 1. The van der Waals surface area contributed by atoms with Crippen LogP contribution in [0.4, 0.5) is 31.3 Å². The molecule has 2 aliphatic rings. The Morgan fingerprint density at radius 1 is 1.07 bits per heavy atom. The number of anilines is 3. The van der Waals surface area contributed by atoms with E-state index in [0.717, 1.165) is 0 Å². The molecule has 2 amide bonds. The minimum Gasteiger partial charge on any atom is -0.491 e. The molecule has 4 heterocycles. The predicted molar refractivity (Wildman–Crippen MR) is 155 cm³/mol. The van der Waals surface area contributed by atoms with Gasteiger partial charge in [0.15, 0.2) is 11.6 Å². The third-order valence-electron chi connectivity index (χ3n) is 6.81. The molecule has 0 radical (unpaired) electrons. The van der Waals surface area contributed by atoms with Gasteiger partial charge in [-0.2, -0.15) is 0 Å². The van der Waals surface area contributed by atoms with Crippen molar-refractivity contribution in [3.05, 3.63) is 34.9 Å². The number of nitrogens with zero attached hydrogens (tertiary/aromatic N) is 4. The zero-order chi connectivity index (χ0) is 30.1. The number of pyridine rings is 2. The molecule has 1 saturated heterocycles. The molecular formula is C30H42FN5O5. The van der Waals surface area contributed by atoms with Crippen molar-refractivity contribution in [1.82, 2.24) is 14.9 Å². The first-order chi connectivity index (χ1) is 19.1. The van der Waals surface area contributed by atoms with Crippen molar-refractivity contribution in [2.45, 2.75) is 91.3 Å². The Hall–Kier alpha value is -3.63. The van der Waals surface area contributed by atoms with E-state index < -0.39 is 23.1 Å². The molecule has 4 rings (SSSR count). The minimum absolute atomic E-state index is 0.0569. The van der Waals surface area contributed by atoms with E-state index in [1.165, 1.54) is 4.90 Å². The highest BCUT2D eigenvalue weighted by atomic mass is 19.1. The molecule has 1 atom stereocenters. The molecule has 0 spiro atoms. The van der Waals surface area contributed by atoms with Gasteiger partial charge in [-0.25, -0.2) is 23.9 Å². The normalized spacial score (nSPS) is 17.3. The van der Waals surface area contributed by atoms with Crippen molar-refractivity contribution in [2.24, 2.45) is 0 Å². The van der Waals surface area contributed by atoms with Gasteiger partial charge in [0, 0.05) is 43.9 Å². The fourth-order valence-corrected chi connectivity index (χ4v) is 5.00. The quantitative estimate of drug-likeness (QED) is 0.445. The number of hydrogen-bond acceptors (Lipinski definition) is 8. The topological polar surface area (TPSA) is 106 Å². The fraction of sp³-hybridized carbons (Fsp3) is 0.600. The molecule has 1 fully saturated rings. The van der Waals surface area contributed by atoms with E-state index in [1.807, 2.05) is 20.8 Å². The zero-order valence-corrected chi connectivity index (χ0v) is 25.4. The molecule has 2 aliphatic heterocycles. The summed E-state index contributed by atoms with van der Waals surface area (Å²) in [6.07, 6.45) is 1.69. The third kappa shape index (κ3) is 7.56. The van der Waals surface area contributed by atoms with Gasteiger partial charge in [-0.3, -0.25) is 4.90 Å². The monoisotopic (exact) mass is 571 g/mol. The summed E-state index contributed by atoms with van der Waals surface area (Å²) in [7, 11) is 1.61. The Kier molecular flexibility index (Phi) is 8.65. The predicted octanol–water partition coefficient (Wildman–Crippen LogP) is 6.48. The summed E-state index contributed by atoms with van der Waals surface area (Å²) in [5.41, 5.74) is 1.13. The van der Waals surface area contributed by atoms with E-state index in [4.69, 9.17) is 14.2 Å². The van der Waals surface area contributed by atoms with Gasteiger partial charge in [0.2, 0.25) is 0 Å². The van der Waals surface area contributed by atoms with Gasteiger partial charge >= 0.3 is 12.2 Å². The maximum Gasteiger partial charge on any atom is 0.414 e. The van der Waals surface area contributed by atoms with Crippen molar-refractivity contribution in [2.75, 3.05) is 37.0 Å². The van der Waals surface area contributed by atoms with Crippen LogP contribution in [-0.2, 0) is 15.9 Å². The van der Waals surface area contributed by atoms with Gasteiger partial charge in [0.05, 0.1) is 18.0 Å². The lowest BCUT2D eigenvalue weighted by molar-refractivity contribution is 0.0256. The SMILES string of the molecule is Cc1cc(N(C)C(=O)OC(C)(C)C)cc(Nc2nc3c(c(C4CCCN(C(=O)OC(C)(C)C)CC4)c2F)OCC3)n1. The Bertz CT molecular complexity index is 1300. The van der Waals surface area contributed by atoms with Crippen molar-refractivity contribution >= 4 is 29.5 Å². The number of likely N-dealkylation sites (tertiary alicyclic amines) is 1. The van der Waals surface area contributed by atoms with E-state index in [-0.39, 0.29) is 17.8 Å². The first-order valence-electron chi connectivity index (χ1n) is 14.2. The van der Waals surface area contributed by atoms with E-state index in [2.05, 4.69) is 15.3 Å². The first-order valence-corrected chi connectivity index (χ1v) is 14.2. The van der Waals surface area contributed by atoms with Crippen LogP contribution in [0.25, 0.3) is 0 Å². The molecule has 224 valence electrons. The van der Waals surface area contributed by atoms with E-state index in [9.17, 15) is 9.59 Å². The zero-order valence-electron chi connectivity index (χ0n) is 25.4. The van der Waals surface area contributed by atoms with Crippen LogP contribution >= 0.6 is 0 Å². The largest absolute Gasteiger partial charge is 0.491 e. The second-order valence-corrected chi connectivity index (χ2v) is 12.7. The van der Waals surface area contributed by atoms with Crippen molar-refractivity contribution < 1.29 is 28.2 Å². The lowest BCUT2D eigenvalue weighted by atomic mass is 9.90. The Morgan fingerprint density at radius 2 is 1.78 bits per heavy atom. The number of ether oxygens (including phenoxy) is 3. The molecular weight excluding hydrogens is 529 g/mol. The maximum atomic E-state index is 16.3. The van der Waals surface area contributed by atoms with Crippen molar-refractivity contribution in [1.29, 1.82) is 0 Å². The van der Waals surface area contributed by atoms with Gasteiger partial charge in [-0.1, -0.05) is 0 Å². The van der Waals surface area contributed by atoms with Gasteiger partial charge in [-0.15, -0.1) is 0 Å². The van der Waals surface area contributed by atoms with Gasteiger partial charge < -0.3 is 24.4 Å². The standard InChI is InChI=1S/C30H42FN5O5/c1-18-16-20(35(8)27(37)40-29(2,3)4)17-22(32-18)34-26-24(31)23(25-21(33-26)12-15-39-25)19-10-9-13-36(14-11-19)28(38)41-30(5,6)7/h16-17,19H,9-15H2,1-8H3,(H,32,33,34). The van der Waals surface area contributed by atoms with Crippen LogP contribution < -0.4 is 15.0 Å². The third-order valence-corrected chi connectivity index (χ3v) is 6.81. The average molecular weight is 572 g/mol. The van der Waals surface area contributed by atoms with E-state index >= 15 is 4.39 Å². The number of aryl methyl sites for hydroxylation is 1. The number of amides is 2. The molecule has 0 bridgehead atoms. The summed E-state index contributed by atoms with van der Waals surface area (Å²) in [5.74, 6) is 0.264. The van der Waals surface area contributed by atoms with Crippen LogP contribution in [0.15, 0.2) is 12.1 Å². The lowest BCUT2D eigenvalue weighted by Gasteiger charge is -2.26. The van der Waals surface area contributed by atoms with Crippen LogP contribution in [0.1, 0.15) is 83.7 Å². The summed E-state index contributed by atoms with van der Waals surface area (Å²) in [6.45, 7) is 14.2. The summed E-state index contributed by atoms with van der Waals surface area (Å²) in [4.78, 5) is 37.5. The van der Waals surface area contributed by atoms with E-state index in [1.54, 1.807) is 51.8 Å². The first kappa shape index (κ1) is 30.3. The van der Waals surface area contributed by atoms with Gasteiger partial charge in [-0.05, 0) is 79.7 Å². The van der Waals surface area contributed by atoms with Crippen molar-refractivity contribution in [3.8, 4) is 5.75 Å². The molecule has 1 unspecified atom stereocenters.